The van der Waals surface area contributed by atoms with E-state index in [4.69, 9.17) is 0 Å². The van der Waals surface area contributed by atoms with Gasteiger partial charge in [0.05, 0.1) is 0 Å². The largest absolute Gasteiger partial charge is 0.355 e. The summed E-state index contributed by atoms with van der Waals surface area (Å²) in [5.41, 5.74) is 1.97. The van der Waals surface area contributed by atoms with Crippen LogP contribution in [-0.2, 0) is 0 Å². The number of nitrogens with one attached hydrogen (secondary N) is 3. The van der Waals surface area contributed by atoms with Crippen LogP contribution in [0.2, 0.25) is 0 Å². The maximum Gasteiger partial charge on any atom is 0.325 e. The van der Waals surface area contributed by atoms with E-state index in [1.807, 2.05) is 29.7 Å². The zero-order valence-electron chi connectivity index (χ0n) is 13.4. The van der Waals surface area contributed by atoms with Gasteiger partial charge in [0.1, 0.15) is 22.0 Å². The Labute approximate surface area is 158 Å². The van der Waals surface area contributed by atoms with Gasteiger partial charge in [0.15, 0.2) is 0 Å². The molecule has 7 nitrogen and oxygen atoms in total. The highest BCUT2D eigenvalue weighted by Gasteiger charge is 2.20. The summed E-state index contributed by atoms with van der Waals surface area (Å²) in [5.74, 6) is 1.14. The fraction of sp³-hybridized carbons (Fsp3) is 0.0588. The van der Waals surface area contributed by atoms with Crippen molar-refractivity contribution >= 4 is 34.9 Å². The van der Waals surface area contributed by atoms with Crippen molar-refractivity contribution in [2.75, 3.05) is 5.32 Å². The minimum atomic E-state index is -0.348. The first-order valence-electron chi connectivity index (χ1n) is 7.74. The van der Waals surface area contributed by atoms with Crippen LogP contribution in [-0.4, -0.2) is 21.0 Å². The summed E-state index contributed by atoms with van der Waals surface area (Å²) in [6, 6.07) is 7.31. The second-order valence-electron chi connectivity index (χ2n) is 5.34. The van der Waals surface area contributed by atoms with Crippen LogP contribution in [0.15, 0.2) is 65.7 Å². The molecule has 0 aliphatic carbocycles. The lowest BCUT2D eigenvalue weighted by Crippen LogP contribution is -2.33. The van der Waals surface area contributed by atoms with Gasteiger partial charge in [0, 0.05) is 46.7 Å². The summed E-state index contributed by atoms with van der Waals surface area (Å²) >= 11 is 3.03. The fourth-order valence-electron chi connectivity index (χ4n) is 2.33. The van der Waals surface area contributed by atoms with Crippen molar-refractivity contribution in [2.45, 2.75) is 5.37 Å². The summed E-state index contributed by atoms with van der Waals surface area (Å²) < 4.78 is 0. The third-order valence-corrected chi connectivity index (χ3v) is 5.42. The van der Waals surface area contributed by atoms with Crippen molar-refractivity contribution in [3.8, 4) is 10.6 Å². The molecule has 1 atom stereocenters. The Kier molecular flexibility index (Phi) is 4.80. The Bertz CT molecular complexity index is 929. The zero-order chi connectivity index (χ0) is 17.8. The van der Waals surface area contributed by atoms with E-state index in [2.05, 4.69) is 30.9 Å². The molecule has 1 aliphatic heterocycles. The van der Waals surface area contributed by atoms with Crippen molar-refractivity contribution < 1.29 is 4.79 Å². The van der Waals surface area contributed by atoms with E-state index in [9.17, 15) is 4.79 Å². The number of urea groups is 1. The summed E-state index contributed by atoms with van der Waals surface area (Å²) in [4.78, 5) is 24.8. The quantitative estimate of drug-likeness (QED) is 0.639. The Morgan fingerprint density at radius 1 is 1.12 bits per heavy atom. The predicted molar refractivity (Wildman–Crippen MR) is 103 cm³/mol. The van der Waals surface area contributed by atoms with E-state index >= 15 is 0 Å². The van der Waals surface area contributed by atoms with Crippen LogP contribution in [0.4, 0.5) is 10.6 Å². The maximum absolute atomic E-state index is 12.2. The molecule has 0 radical (unpaired) electrons. The first-order chi connectivity index (χ1) is 12.8. The van der Waals surface area contributed by atoms with E-state index in [-0.39, 0.29) is 11.4 Å². The fourth-order valence-corrected chi connectivity index (χ4v) is 3.96. The number of amides is 2. The Hall–Kier alpha value is -2.91. The topological polar surface area (TPSA) is 91.8 Å². The maximum atomic E-state index is 12.2. The molecule has 0 saturated carbocycles. The summed E-state index contributed by atoms with van der Waals surface area (Å²) in [6.45, 7) is 0. The van der Waals surface area contributed by atoms with E-state index in [0.29, 0.717) is 11.6 Å². The van der Waals surface area contributed by atoms with Gasteiger partial charge in [-0.15, -0.1) is 23.1 Å². The van der Waals surface area contributed by atoms with Crippen LogP contribution in [0.5, 0.6) is 0 Å². The van der Waals surface area contributed by atoms with Crippen molar-refractivity contribution in [3.63, 3.8) is 0 Å². The smallest absolute Gasteiger partial charge is 0.325 e. The summed E-state index contributed by atoms with van der Waals surface area (Å²) in [5, 5.41) is 13.3. The van der Waals surface area contributed by atoms with Crippen LogP contribution in [0.1, 0.15) is 10.9 Å². The van der Waals surface area contributed by atoms with Gasteiger partial charge in [-0.25, -0.2) is 9.78 Å². The van der Waals surface area contributed by atoms with Crippen molar-refractivity contribution in [1.82, 2.24) is 25.6 Å². The van der Waals surface area contributed by atoms with Gasteiger partial charge in [-0.05, 0) is 18.2 Å². The van der Waals surface area contributed by atoms with E-state index in [0.717, 1.165) is 16.1 Å². The number of aromatic nitrogens is 3. The molecule has 3 N–H and O–H groups in total. The van der Waals surface area contributed by atoms with Crippen LogP contribution in [0.25, 0.3) is 10.6 Å². The standard InChI is InChI=1S/C17H14N6OS2/c24-17(22-13-9-25-15(20-13)11-3-1-5-18-7-11)23-14-10-26-16(21-14)12-4-2-6-19-8-12/h1-10,15,20H,(H2,22,23,24). The third kappa shape index (κ3) is 3.84. The first-order valence-corrected chi connectivity index (χ1v) is 9.56. The van der Waals surface area contributed by atoms with Crippen molar-refractivity contribution in [1.29, 1.82) is 0 Å². The average molecular weight is 382 g/mol. The van der Waals surface area contributed by atoms with Gasteiger partial charge >= 0.3 is 6.03 Å². The lowest BCUT2D eigenvalue weighted by molar-refractivity contribution is 0.253. The monoisotopic (exact) mass is 382 g/mol. The number of hydrogen-bond acceptors (Lipinski definition) is 7. The molecule has 0 aromatic carbocycles. The normalized spacial score (nSPS) is 15.8. The zero-order valence-corrected chi connectivity index (χ0v) is 15.1. The molecule has 1 unspecified atom stereocenters. The SMILES string of the molecule is O=C(NC1=CSC(c2cccnc2)N1)Nc1csc(-c2cccnc2)n1. The minimum Gasteiger partial charge on any atom is -0.355 e. The van der Waals surface area contributed by atoms with Crippen molar-refractivity contribution in [2.24, 2.45) is 0 Å². The molecule has 130 valence electrons. The number of thioether (sulfide) groups is 1. The van der Waals surface area contributed by atoms with E-state index in [1.54, 1.807) is 41.9 Å². The minimum absolute atomic E-state index is 0.0375. The molecule has 3 aromatic heterocycles. The Morgan fingerprint density at radius 2 is 1.96 bits per heavy atom. The van der Waals surface area contributed by atoms with Crippen LogP contribution in [0.3, 0.4) is 0 Å². The molecule has 0 spiro atoms. The number of anilines is 1. The van der Waals surface area contributed by atoms with Gasteiger partial charge in [0.25, 0.3) is 0 Å². The second-order valence-corrected chi connectivity index (χ2v) is 7.17. The highest BCUT2D eigenvalue weighted by molar-refractivity contribution is 8.02. The highest BCUT2D eigenvalue weighted by Crippen LogP contribution is 2.32. The molecule has 0 saturated heterocycles. The van der Waals surface area contributed by atoms with Gasteiger partial charge in [-0.1, -0.05) is 6.07 Å². The van der Waals surface area contributed by atoms with Gasteiger partial charge in [-0.2, -0.15) is 0 Å². The number of carbonyl (C=O) groups excluding carboxylic acids is 1. The molecule has 9 heteroatoms. The Morgan fingerprint density at radius 3 is 2.73 bits per heavy atom. The molecule has 4 heterocycles. The second kappa shape index (κ2) is 7.54. The third-order valence-electron chi connectivity index (χ3n) is 3.50. The van der Waals surface area contributed by atoms with Gasteiger partial charge in [-0.3, -0.25) is 20.6 Å². The molecule has 1 aliphatic rings. The van der Waals surface area contributed by atoms with Crippen LogP contribution >= 0.6 is 23.1 Å². The van der Waals surface area contributed by atoms with Gasteiger partial charge < -0.3 is 5.32 Å². The van der Waals surface area contributed by atoms with E-state index in [1.165, 1.54) is 11.3 Å². The van der Waals surface area contributed by atoms with Crippen molar-refractivity contribution in [3.05, 3.63) is 71.2 Å². The predicted octanol–water partition coefficient (Wildman–Crippen LogP) is 3.56. The molecule has 0 fully saturated rings. The number of carbonyl (C=O) groups is 1. The summed E-state index contributed by atoms with van der Waals surface area (Å²) in [6.07, 6.45) is 6.99. The first kappa shape index (κ1) is 16.6. The summed E-state index contributed by atoms with van der Waals surface area (Å²) in [7, 11) is 0. The number of thiazole rings is 1. The molecular formula is C17H14N6OS2. The molecule has 2 amide bonds. The Balaban J connectivity index is 1.33. The average Bonchev–Trinajstić information content (AvgIpc) is 3.33. The lowest BCUT2D eigenvalue weighted by Gasteiger charge is -2.13. The number of hydrogen-bond donors (Lipinski definition) is 3. The molecule has 0 bridgehead atoms. The van der Waals surface area contributed by atoms with Crippen LogP contribution in [0, 0.1) is 0 Å². The van der Waals surface area contributed by atoms with Crippen LogP contribution < -0.4 is 16.0 Å². The number of pyridine rings is 2. The lowest BCUT2D eigenvalue weighted by atomic mass is 10.3. The molecule has 4 rings (SSSR count). The number of nitrogens with zero attached hydrogens (tertiary/aromatic N) is 3. The molecule has 26 heavy (non-hydrogen) atoms. The molecule has 3 aromatic rings. The van der Waals surface area contributed by atoms with E-state index < -0.39 is 0 Å². The van der Waals surface area contributed by atoms with Gasteiger partial charge in [0.2, 0.25) is 0 Å². The molecular weight excluding hydrogens is 368 g/mol. The highest BCUT2D eigenvalue weighted by atomic mass is 32.2. The number of rotatable bonds is 4.